The summed E-state index contributed by atoms with van der Waals surface area (Å²) in [5, 5.41) is 36.5. The highest BCUT2D eigenvalue weighted by atomic mass is 19.4. The SMILES string of the molecule is CC[C@@H]1C=CCC[C@]2(C[C@H]3CC[C@H]4[C@@H](C(=O)OCCCCCCCCCCCCCC[C@@H]5O[C@](O)(CCN)[C@H](O)N(CCCN)C5=O)[C@@]5(CCC[C@H](C)O5)NC(N2)N34)O1.O=C(O)C(F)(F)F. The van der Waals surface area contributed by atoms with E-state index >= 15 is 0 Å². The third kappa shape index (κ3) is 14.3. The summed E-state index contributed by atoms with van der Waals surface area (Å²) in [6.45, 7) is 5.60. The lowest BCUT2D eigenvalue weighted by Crippen LogP contribution is -2.81. The quantitative estimate of drug-likeness (QED) is 0.0397. The number of ether oxygens (including phenoxy) is 4. The van der Waals surface area contributed by atoms with Crippen LogP contribution >= 0.6 is 0 Å². The number of hydrogen-bond acceptors (Lipinski definition) is 14. The molecule has 5 saturated heterocycles. The third-order valence-electron chi connectivity index (χ3n) is 14.4. The zero-order valence-electron chi connectivity index (χ0n) is 39.5. The molecule has 0 radical (unpaired) electrons. The largest absolute Gasteiger partial charge is 0.490 e. The number of allylic oxidation sites excluding steroid dienone is 1. The second-order valence-electron chi connectivity index (χ2n) is 19.4. The van der Waals surface area contributed by atoms with E-state index in [2.05, 4.69) is 41.5 Å². The number of halogens is 3. The Morgan fingerprint density at radius 2 is 1.56 bits per heavy atom. The number of amides is 1. The van der Waals surface area contributed by atoms with Gasteiger partial charge in [0, 0.05) is 31.5 Å². The van der Waals surface area contributed by atoms with Gasteiger partial charge in [0.15, 0.2) is 6.23 Å². The molecule has 0 aromatic heterocycles. The zero-order chi connectivity index (χ0) is 48.0. The first-order valence-electron chi connectivity index (χ1n) is 25.1. The van der Waals surface area contributed by atoms with Crippen LogP contribution in [0.1, 0.15) is 168 Å². The van der Waals surface area contributed by atoms with E-state index in [1.807, 2.05) is 0 Å². The van der Waals surface area contributed by atoms with Crippen LogP contribution in [0.15, 0.2) is 12.2 Å². The number of hydrogen-bond donors (Lipinski definition) is 7. The summed E-state index contributed by atoms with van der Waals surface area (Å²) in [7, 11) is 0. The molecule has 0 aliphatic carbocycles. The summed E-state index contributed by atoms with van der Waals surface area (Å²) in [5.74, 6) is -5.35. The number of aliphatic carboxylic acids is 1. The molecule has 11 atom stereocenters. The monoisotopic (exact) mass is 947 g/mol. The van der Waals surface area contributed by atoms with Crippen LogP contribution < -0.4 is 22.1 Å². The maximum Gasteiger partial charge on any atom is 0.490 e. The summed E-state index contributed by atoms with van der Waals surface area (Å²) in [5.41, 5.74) is 10.2. The Morgan fingerprint density at radius 1 is 0.909 bits per heavy atom. The molecule has 380 valence electrons. The Kier molecular flexibility index (Phi) is 21.0. The molecule has 0 aromatic rings. The average Bonchev–Trinajstić information content (AvgIpc) is 3.57. The fraction of sp³-hybridized carbons (Fsp3) is 0.894. The number of carboxylic acid groups (broad SMARTS) is 1. The Morgan fingerprint density at radius 3 is 2.17 bits per heavy atom. The van der Waals surface area contributed by atoms with Crippen LogP contribution in [-0.2, 0) is 33.3 Å². The van der Waals surface area contributed by atoms with Crippen molar-refractivity contribution in [2.75, 3.05) is 26.2 Å². The Balaban J connectivity index is 0.00000108. The smallest absolute Gasteiger partial charge is 0.475 e. The molecule has 1 unspecified atom stereocenters. The van der Waals surface area contributed by atoms with Gasteiger partial charge in [0.1, 0.15) is 29.8 Å². The molecule has 0 saturated carbocycles. The van der Waals surface area contributed by atoms with E-state index in [9.17, 15) is 33.0 Å². The standard InChI is InChI=1S/C45H80N6O8.C2HF3O2/c1-3-35-21-15-16-25-43(58-35)32-34-23-24-36-38(44(26-18-20-33(2)57-44)49-42(48-43)51(34)36)40(53)56-31-17-13-11-9-7-5-4-6-8-10-12-14-22-37-39(52)50(30-19-28-46)41(54)45(55,59-37)27-29-47;3-2(4,5)1(6)7/h15,21,33-38,41-42,48-49,54-55H,3-14,16-20,22-32,46-47H2,1-2H3;(H,6,7)/t33-,34+,35+,36-,37-,38-,41-,42?,43+,44-,45+;/m0./s1. The predicted octanol–water partition coefficient (Wildman–Crippen LogP) is 5.62. The van der Waals surface area contributed by atoms with Crippen molar-refractivity contribution >= 4 is 17.8 Å². The lowest BCUT2D eigenvalue weighted by atomic mass is 9.79. The van der Waals surface area contributed by atoms with Gasteiger partial charge in [-0.05, 0) is 90.6 Å². The minimum Gasteiger partial charge on any atom is -0.475 e. The molecule has 16 nitrogen and oxygen atoms in total. The first-order chi connectivity index (χ1) is 31.5. The summed E-state index contributed by atoms with van der Waals surface area (Å²) in [4.78, 5) is 39.8. The van der Waals surface area contributed by atoms with Crippen LogP contribution in [0.2, 0.25) is 0 Å². The van der Waals surface area contributed by atoms with E-state index in [4.69, 9.17) is 40.3 Å². The lowest BCUT2D eigenvalue weighted by Gasteiger charge is -2.60. The number of carbonyl (C=O) groups excluding carboxylic acids is 2. The highest BCUT2D eigenvalue weighted by Gasteiger charge is 2.64. The second kappa shape index (κ2) is 25.4. The van der Waals surface area contributed by atoms with Crippen molar-refractivity contribution in [3.8, 4) is 0 Å². The van der Waals surface area contributed by atoms with E-state index in [-0.39, 0.29) is 67.6 Å². The maximum absolute atomic E-state index is 14.1. The number of esters is 1. The van der Waals surface area contributed by atoms with Crippen LogP contribution in [0, 0.1) is 5.92 Å². The fourth-order valence-electron chi connectivity index (χ4n) is 11.1. The van der Waals surface area contributed by atoms with Crippen LogP contribution in [0.4, 0.5) is 13.2 Å². The van der Waals surface area contributed by atoms with Crippen molar-refractivity contribution in [1.29, 1.82) is 0 Å². The highest BCUT2D eigenvalue weighted by Crippen LogP contribution is 2.49. The molecule has 2 spiro atoms. The van der Waals surface area contributed by atoms with Crippen molar-refractivity contribution in [3.63, 3.8) is 0 Å². The van der Waals surface area contributed by atoms with Gasteiger partial charge < -0.3 is 50.6 Å². The number of unbranched alkanes of at least 4 members (excludes halogenated alkanes) is 11. The average molecular weight is 947 g/mol. The van der Waals surface area contributed by atoms with Crippen LogP contribution in [-0.4, -0.2) is 136 Å². The maximum atomic E-state index is 14.1. The molecule has 6 aliphatic rings. The van der Waals surface area contributed by atoms with Gasteiger partial charge in [-0.15, -0.1) is 0 Å². The van der Waals surface area contributed by atoms with E-state index in [1.54, 1.807) is 0 Å². The van der Waals surface area contributed by atoms with Gasteiger partial charge in [-0.1, -0.05) is 89.7 Å². The van der Waals surface area contributed by atoms with E-state index in [0.29, 0.717) is 32.0 Å². The Bertz CT molecular complexity index is 1570. The lowest BCUT2D eigenvalue weighted by molar-refractivity contribution is -0.325. The van der Waals surface area contributed by atoms with Crippen molar-refractivity contribution in [2.45, 2.75) is 234 Å². The van der Waals surface area contributed by atoms with Gasteiger partial charge >= 0.3 is 18.1 Å². The van der Waals surface area contributed by atoms with E-state index < -0.39 is 36.0 Å². The molecule has 6 rings (SSSR count). The van der Waals surface area contributed by atoms with Gasteiger partial charge in [0.25, 0.3) is 5.91 Å². The topological polar surface area (TPSA) is 231 Å². The molecule has 0 bridgehead atoms. The molecule has 5 fully saturated rings. The number of carbonyl (C=O) groups is 3. The summed E-state index contributed by atoms with van der Waals surface area (Å²) >= 11 is 0. The Hall–Kier alpha value is -2.46. The molecule has 1 amide bonds. The first-order valence-corrected chi connectivity index (χ1v) is 25.1. The van der Waals surface area contributed by atoms with Crippen molar-refractivity contribution in [1.82, 2.24) is 20.4 Å². The summed E-state index contributed by atoms with van der Waals surface area (Å²) in [6.07, 6.45) is 20.3. The molecule has 0 aromatic carbocycles. The van der Waals surface area contributed by atoms with Gasteiger partial charge in [-0.25, -0.2) is 4.79 Å². The Labute approximate surface area is 389 Å². The van der Waals surface area contributed by atoms with Gasteiger partial charge in [0.05, 0.1) is 18.8 Å². The van der Waals surface area contributed by atoms with Gasteiger partial charge in [-0.3, -0.25) is 25.1 Å². The molecule has 9 N–H and O–H groups in total. The number of carboxylic acids is 1. The zero-order valence-corrected chi connectivity index (χ0v) is 39.5. The molecular weight excluding hydrogens is 866 g/mol. The number of morpholine rings is 1. The highest BCUT2D eigenvalue weighted by molar-refractivity contribution is 5.82. The number of aliphatic hydroxyl groups is 2. The minimum absolute atomic E-state index is 0.0512. The van der Waals surface area contributed by atoms with Crippen LogP contribution in [0.25, 0.3) is 0 Å². The molecule has 6 aliphatic heterocycles. The predicted molar refractivity (Wildman–Crippen MR) is 240 cm³/mol. The van der Waals surface area contributed by atoms with Crippen LogP contribution in [0.3, 0.4) is 0 Å². The summed E-state index contributed by atoms with van der Waals surface area (Å²) in [6, 6.07) is 0.436. The number of alkyl halides is 3. The summed E-state index contributed by atoms with van der Waals surface area (Å²) < 4.78 is 57.2. The molecule has 6 heterocycles. The number of nitrogens with one attached hydrogen (secondary N) is 2. The van der Waals surface area contributed by atoms with E-state index in [0.717, 1.165) is 103 Å². The molecule has 19 heteroatoms. The number of nitrogens with zero attached hydrogens (tertiary/aromatic N) is 2. The minimum atomic E-state index is -5.08. The van der Waals surface area contributed by atoms with E-state index in [1.165, 1.54) is 37.0 Å². The first kappa shape index (κ1) is 54.5. The normalized spacial score (nSPS) is 34.5. The molecular formula is C47H81F3N6O10. The number of aliphatic hydroxyl groups excluding tert-OH is 1. The number of rotatable bonds is 22. The number of nitrogens with two attached hydrogens (primary N) is 2. The van der Waals surface area contributed by atoms with Gasteiger partial charge in [0.2, 0.25) is 5.79 Å². The van der Waals surface area contributed by atoms with Gasteiger partial charge in [-0.2, -0.15) is 13.2 Å². The van der Waals surface area contributed by atoms with Crippen molar-refractivity contribution in [3.05, 3.63) is 12.2 Å². The van der Waals surface area contributed by atoms with Crippen molar-refractivity contribution in [2.24, 2.45) is 17.4 Å². The van der Waals surface area contributed by atoms with Crippen molar-refractivity contribution < 1.29 is 61.8 Å². The fourth-order valence-corrected chi connectivity index (χ4v) is 11.1. The van der Waals surface area contributed by atoms with Crippen LogP contribution in [0.5, 0.6) is 0 Å². The second-order valence-corrected chi connectivity index (χ2v) is 19.4. The third-order valence-corrected chi connectivity index (χ3v) is 14.4. The molecule has 66 heavy (non-hydrogen) atoms.